The lowest BCUT2D eigenvalue weighted by molar-refractivity contribution is -0.137. The average molecular weight is 236 g/mol. The third-order valence-electron chi connectivity index (χ3n) is 1.68. The molecule has 0 spiro atoms. The maximum atomic E-state index is 12.0. The van der Waals surface area contributed by atoms with E-state index in [0.29, 0.717) is 0 Å². The SMILES string of the molecule is C=CCN(CC(=O)O)C(=O)N(C)CC(F)F. The summed E-state index contributed by atoms with van der Waals surface area (Å²) < 4.78 is 24.0. The molecule has 0 aliphatic heterocycles. The molecule has 1 N–H and O–H groups in total. The van der Waals surface area contributed by atoms with Gasteiger partial charge in [-0.15, -0.1) is 6.58 Å². The van der Waals surface area contributed by atoms with E-state index < -0.39 is 31.5 Å². The fraction of sp³-hybridized carbons (Fsp3) is 0.556. The highest BCUT2D eigenvalue weighted by molar-refractivity contribution is 5.80. The van der Waals surface area contributed by atoms with Crippen molar-refractivity contribution >= 4 is 12.0 Å². The Labute approximate surface area is 91.9 Å². The van der Waals surface area contributed by atoms with Gasteiger partial charge in [0.2, 0.25) is 0 Å². The van der Waals surface area contributed by atoms with E-state index in [2.05, 4.69) is 6.58 Å². The number of halogens is 2. The molecule has 0 radical (unpaired) electrons. The van der Waals surface area contributed by atoms with Crippen LogP contribution in [0.2, 0.25) is 0 Å². The van der Waals surface area contributed by atoms with E-state index in [0.717, 1.165) is 9.80 Å². The summed E-state index contributed by atoms with van der Waals surface area (Å²) in [5, 5.41) is 8.53. The maximum Gasteiger partial charge on any atom is 0.323 e. The topological polar surface area (TPSA) is 60.9 Å². The summed E-state index contributed by atoms with van der Waals surface area (Å²) in [5.41, 5.74) is 0. The molecule has 0 aliphatic rings. The number of carboxylic acid groups (broad SMARTS) is 1. The zero-order valence-corrected chi connectivity index (χ0v) is 8.90. The standard InChI is InChI=1S/C9H14F2N2O3/c1-3-4-13(6-8(14)15)9(16)12(2)5-7(10)11/h3,7H,1,4-6H2,2H3,(H,14,15). The zero-order chi connectivity index (χ0) is 12.7. The molecule has 0 atom stereocenters. The maximum absolute atomic E-state index is 12.0. The van der Waals surface area contributed by atoms with Crippen molar-refractivity contribution in [1.29, 1.82) is 0 Å². The predicted octanol–water partition coefficient (Wildman–Crippen LogP) is 0.876. The van der Waals surface area contributed by atoms with Crippen molar-refractivity contribution in [2.75, 3.05) is 26.7 Å². The van der Waals surface area contributed by atoms with Crippen LogP contribution in [0.15, 0.2) is 12.7 Å². The van der Waals surface area contributed by atoms with Crippen molar-refractivity contribution in [3.63, 3.8) is 0 Å². The summed E-state index contributed by atoms with van der Waals surface area (Å²) in [6.07, 6.45) is -1.32. The monoisotopic (exact) mass is 236 g/mol. The molecule has 0 fully saturated rings. The molecule has 7 heteroatoms. The third-order valence-corrected chi connectivity index (χ3v) is 1.68. The largest absolute Gasteiger partial charge is 0.480 e. The second-order valence-electron chi connectivity index (χ2n) is 3.12. The number of carbonyl (C=O) groups excluding carboxylic acids is 1. The Bertz CT molecular complexity index is 271. The molecule has 0 unspecified atom stereocenters. The average Bonchev–Trinajstić information content (AvgIpc) is 2.14. The second-order valence-corrected chi connectivity index (χ2v) is 3.12. The third kappa shape index (κ3) is 5.28. The lowest BCUT2D eigenvalue weighted by atomic mass is 10.4. The van der Waals surface area contributed by atoms with Gasteiger partial charge >= 0.3 is 12.0 Å². The number of hydrogen-bond acceptors (Lipinski definition) is 2. The van der Waals surface area contributed by atoms with Crippen LogP contribution >= 0.6 is 0 Å². The number of urea groups is 1. The lowest BCUT2D eigenvalue weighted by Crippen LogP contribution is -2.45. The molecule has 0 aromatic heterocycles. The van der Waals surface area contributed by atoms with Gasteiger partial charge in [0.05, 0.1) is 6.54 Å². The summed E-state index contributed by atoms with van der Waals surface area (Å²) >= 11 is 0. The first kappa shape index (κ1) is 14.3. The second kappa shape index (κ2) is 6.76. The van der Waals surface area contributed by atoms with Gasteiger partial charge in [0.25, 0.3) is 6.43 Å². The fourth-order valence-electron chi connectivity index (χ4n) is 1.06. The van der Waals surface area contributed by atoms with E-state index in [1.54, 1.807) is 0 Å². The molecule has 0 aliphatic carbocycles. The van der Waals surface area contributed by atoms with E-state index in [4.69, 9.17) is 5.11 Å². The highest BCUT2D eigenvalue weighted by Gasteiger charge is 2.21. The minimum atomic E-state index is -2.65. The van der Waals surface area contributed by atoms with Crippen molar-refractivity contribution in [1.82, 2.24) is 9.80 Å². The van der Waals surface area contributed by atoms with Gasteiger partial charge in [0, 0.05) is 13.6 Å². The Morgan fingerprint density at radius 3 is 2.44 bits per heavy atom. The van der Waals surface area contributed by atoms with Gasteiger partial charge in [-0.05, 0) is 0 Å². The van der Waals surface area contributed by atoms with Crippen molar-refractivity contribution in [2.45, 2.75) is 6.43 Å². The van der Waals surface area contributed by atoms with E-state index in [1.807, 2.05) is 0 Å². The Kier molecular flexibility index (Phi) is 6.06. The molecule has 0 rings (SSSR count). The number of amides is 2. The van der Waals surface area contributed by atoms with Crippen molar-refractivity contribution in [2.24, 2.45) is 0 Å². The number of aliphatic carboxylic acids is 1. The molecular formula is C9H14F2N2O3. The van der Waals surface area contributed by atoms with E-state index in [9.17, 15) is 18.4 Å². The molecule has 0 bridgehead atoms. The van der Waals surface area contributed by atoms with Gasteiger partial charge in [-0.3, -0.25) is 4.79 Å². The quantitative estimate of drug-likeness (QED) is 0.696. The molecule has 0 heterocycles. The molecule has 92 valence electrons. The molecule has 2 amide bonds. The van der Waals surface area contributed by atoms with Crippen LogP contribution in [0.1, 0.15) is 0 Å². The minimum Gasteiger partial charge on any atom is -0.480 e. The van der Waals surface area contributed by atoms with E-state index >= 15 is 0 Å². The number of rotatable bonds is 6. The van der Waals surface area contributed by atoms with Gasteiger partial charge in [-0.25, -0.2) is 13.6 Å². The fourth-order valence-corrected chi connectivity index (χ4v) is 1.06. The number of nitrogens with zero attached hydrogens (tertiary/aromatic N) is 2. The van der Waals surface area contributed by atoms with Gasteiger partial charge in [-0.1, -0.05) is 6.08 Å². The van der Waals surface area contributed by atoms with Gasteiger partial charge in [0.15, 0.2) is 0 Å². The number of carbonyl (C=O) groups is 2. The Morgan fingerprint density at radius 1 is 1.50 bits per heavy atom. The lowest BCUT2D eigenvalue weighted by Gasteiger charge is -2.25. The molecule has 5 nitrogen and oxygen atoms in total. The van der Waals surface area contributed by atoms with Crippen LogP contribution in [0.5, 0.6) is 0 Å². The number of hydrogen-bond donors (Lipinski definition) is 1. The summed E-state index contributed by atoms with van der Waals surface area (Å²) in [5.74, 6) is -1.21. The molecule has 0 aromatic carbocycles. The highest BCUT2D eigenvalue weighted by atomic mass is 19.3. The van der Waals surface area contributed by atoms with Crippen LogP contribution in [-0.4, -0.2) is 60.0 Å². The van der Waals surface area contributed by atoms with Crippen LogP contribution in [-0.2, 0) is 4.79 Å². The first-order valence-electron chi connectivity index (χ1n) is 4.49. The van der Waals surface area contributed by atoms with Crippen LogP contribution < -0.4 is 0 Å². The molecular weight excluding hydrogens is 222 g/mol. The Morgan fingerprint density at radius 2 is 2.06 bits per heavy atom. The van der Waals surface area contributed by atoms with Crippen LogP contribution in [0, 0.1) is 0 Å². The molecule has 0 aromatic rings. The highest BCUT2D eigenvalue weighted by Crippen LogP contribution is 2.01. The van der Waals surface area contributed by atoms with Crippen molar-refractivity contribution < 1.29 is 23.5 Å². The van der Waals surface area contributed by atoms with Crippen LogP contribution in [0.3, 0.4) is 0 Å². The smallest absolute Gasteiger partial charge is 0.323 e. The van der Waals surface area contributed by atoms with Crippen molar-refractivity contribution in [3.05, 3.63) is 12.7 Å². The summed E-state index contributed by atoms with van der Waals surface area (Å²) in [6, 6.07) is -0.761. The van der Waals surface area contributed by atoms with Gasteiger partial charge in [-0.2, -0.15) is 0 Å². The normalized spacial score (nSPS) is 10.0. The molecule has 16 heavy (non-hydrogen) atoms. The van der Waals surface area contributed by atoms with E-state index in [-0.39, 0.29) is 6.54 Å². The molecule has 0 saturated carbocycles. The number of carboxylic acids is 1. The first-order chi connectivity index (χ1) is 7.38. The summed E-state index contributed by atoms with van der Waals surface area (Å²) in [7, 11) is 1.19. The number of alkyl halides is 2. The minimum absolute atomic E-state index is 0.00128. The van der Waals surface area contributed by atoms with Gasteiger partial charge < -0.3 is 14.9 Å². The van der Waals surface area contributed by atoms with Crippen molar-refractivity contribution in [3.8, 4) is 0 Å². The van der Waals surface area contributed by atoms with Gasteiger partial charge in [0.1, 0.15) is 6.54 Å². The Balaban J connectivity index is 4.46. The summed E-state index contributed by atoms with van der Waals surface area (Å²) in [6.45, 7) is 2.08. The predicted molar refractivity (Wildman–Crippen MR) is 53.4 cm³/mol. The van der Waals surface area contributed by atoms with Crippen LogP contribution in [0.25, 0.3) is 0 Å². The van der Waals surface area contributed by atoms with Crippen LogP contribution in [0.4, 0.5) is 13.6 Å². The zero-order valence-electron chi connectivity index (χ0n) is 8.90. The Hall–Kier alpha value is -1.66. The first-order valence-corrected chi connectivity index (χ1v) is 4.49. The van der Waals surface area contributed by atoms with E-state index in [1.165, 1.54) is 13.1 Å². The molecule has 0 saturated heterocycles. The summed E-state index contributed by atoms with van der Waals surface area (Å²) in [4.78, 5) is 23.6.